The Morgan fingerprint density at radius 3 is 1.10 bits per heavy atom. The van der Waals surface area contributed by atoms with E-state index in [1.54, 1.807) is 14.0 Å². The van der Waals surface area contributed by atoms with Crippen molar-refractivity contribution >= 4 is 75.5 Å². The molecule has 302 valence electrons. The number of hydrogen-bond acceptors (Lipinski definition) is 4. The highest BCUT2D eigenvalue weighted by atomic mass is 79.9. The summed E-state index contributed by atoms with van der Waals surface area (Å²) >= 11 is 15.3. The summed E-state index contributed by atoms with van der Waals surface area (Å²) in [5.74, 6) is 0.598. The van der Waals surface area contributed by atoms with Gasteiger partial charge in [-0.2, -0.15) is 0 Å². The SMILES string of the molecule is COc1c(Br)cc(C2(c3cc(Br)c(OC(=O)c4ccc(C5(c6ccc(C(C)=O)cc6)c6ccccc6-c6ccccc65)cc4)c(Br)c3)c3ccccc3-c3ccccc32)cc1Br. The van der Waals surface area contributed by atoms with E-state index in [1.165, 1.54) is 0 Å². The van der Waals surface area contributed by atoms with Crippen LogP contribution in [0.3, 0.4) is 0 Å². The Kier molecular flexibility index (Phi) is 10.3. The first-order valence-corrected chi connectivity index (χ1v) is 23.1. The van der Waals surface area contributed by atoms with Crippen LogP contribution in [-0.2, 0) is 10.8 Å². The molecule has 0 unspecified atom stereocenters. The van der Waals surface area contributed by atoms with Crippen LogP contribution in [0.4, 0.5) is 0 Å². The molecule has 8 heteroatoms. The maximum atomic E-state index is 14.2. The molecule has 62 heavy (non-hydrogen) atoms. The first-order chi connectivity index (χ1) is 30.1. The molecule has 0 aromatic heterocycles. The van der Waals surface area contributed by atoms with Crippen molar-refractivity contribution in [1.82, 2.24) is 0 Å². The van der Waals surface area contributed by atoms with Crippen LogP contribution in [0.1, 0.15) is 72.1 Å². The fraction of sp³-hybridized carbons (Fsp3) is 0.0741. The fourth-order valence-corrected chi connectivity index (χ4v) is 12.7. The van der Waals surface area contributed by atoms with E-state index < -0.39 is 16.8 Å². The average Bonchev–Trinajstić information content (AvgIpc) is 3.76. The standard InChI is InChI=1S/C54H34Br4O4/c1-31(59)32-19-23-34(24-20-32)53(42-15-7-3-11-38(42)39-12-4-8-16-43(39)53)35-25-21-33(22-26-35)52(60)62-51-48(57)29-37(30-49(51)58)54(36-27-46(55)50(61-2)47(56)28-36)44-17-9-5-13-40(44)41-14-6-10-18-45(41)54/h3-30H,1-2H3. The topological polar surface area (TPSA) is 52.6 Å². The Hall–Kier alpha value is -5.38. The lowest BCUT2D eigenvalue weighted by atomic mass is 9.67. The number of hydrogen-bond donors (Lipinski definition) is 0. The number of esters is 1. The van der Waals surface area contributed by atoms with Crippen LogP contribution >= 0.6 is 63.7 Å². The summed E-state index contributed by atoms with van der Waals surface area (Å²) in [4.78, 5) is 26.5. The van der Waals surface area contributed by atoms with Crippen LogP contribution in [0.2, 0.25) is 0 Å². The first kappa shape index (κ1) is 40.7. The van der Waals surface area contributed by atoms with E-state index in [0.29, 0.717) is 31.6 Å². The smallest absolute Gasteiger partial charge is 0.343 e. The van der Waals surface area contributed by atoms with Gasteiger partial charge in [-0.3, -0.25) is 4.79 Å². The maximum absolute atomic E-state index is 14.2. The predicted molar refractivity (Wildman–Crippen MR) is 260 cm³/mol. The highest BCUT2D eigenvalue weighted by Crippen LogP contribution is 2.59. The van der Waals surface area contributed by atoms with E-state index >= 15 is 0 Å². The number of rotatable bonds is 8. The lowest BCUT2D eigenvalue weighted by molar-refractivity contribution is 0.0732. The van der Waals surface area contributed by atoms with Gasteiger partial charge in [0.05, 0.1) is 41.4 Å². The summed E-state index contributed by atoms with van der Waals surface area (Å²) in [7, 11) is 1.66. The number of methoxy groups -OCH3 is 1. The predicted octanol–water partition coefficient (Wildman–Crippen LogP) is 14.9. The van der Waals surface area contributed by atoms with Crippen molar-refractivity contribution in [3.63, 3.8) is 0 Å². The van der Waals surface area contributed by atoms with Crippen molar-refractivity contribution in [1.29, 1.82) is 0 Å². The van der Waals surface area contributed by atoms with Crippen LogP contribution in [0.15, 0.2) is 188 Å². The third-order valence-corrected chi connectivity index (χ3v) is 14.8. The number of carbonyl (C=O) groups is 2. The van der Waals surface area contributed by atoms with Crippen LogP contribution in [0, 0.1) is 0 Å². The van der Waals surface area contributed by atoms with Crippen molar-refractivity contribution in [2.45, 2.75) is 17.8 Å². The number of benzene rings is 8. The van der Waals surface area contributed by atoms with Crippen LogP contribution < -0.4 is 9.47 Å². The van der Waals surface area contributed by atoms with Crippen LogP contribution in [0.25, 0.3) is 22.3 Å². The minimum atomic E-state index is -0.742. The van der Waals surface area contributed by atoms with Crippen LogP contribution in [-0.4, -0.2) is 18.9 Å². The van der Waals surface area contributed by atoms with E-state index in [9.17, 15) is 9.59 Å². The molecule has 2 aliphatic rings. The molecule has 0 N–H and O–H groups in total. The number of ketones is 1. The minimum absolute atomic E-state index is 0.0149. The summed E-state index contributed by atoms with van der Waals surface area (Å²) < 4.78 is 14.9. The third kappa shape index (κ3) is 6.09. The molecule has 4 nitrogen and oxygen atoms in total. The molecular formula is C54H34Br4O4. The van der Waals surface area contributed by atoms with Gasteiger partial charge in [-0.15, -0.1) is 0 Å². The summed E-state index contributed by atoms with van der Waals surface area (Å²) in [6.45, 7) is 1.58. The van der Waals surface area contributed by atoms with Gasteiger partial charge in [0.25, 0.3) is 0 Å². The molecule has 0 amide bonds. The van der Waals surface area contributed by atoms with Gasteiger partial charge in [0.15, 0.2) is 11.5 Å². The fourth-order valence-electron chi connectivity index (χ4n) is 9.86. The second-order valence-corrected chi connectivity index (χ2v) is 18.9. The second kappa shape index (κ2) is 15.8. The molecule has 2 aliphatic carbocycles. The Bertz CT molecular complexity index is 3000. The lowest BCUT2D eigenvalue weighted by Gasteiger charge is -2.35. The van der Waals surface area contributed by atoms with Crippen LogP contribution in [0.5, 0.6) is 11.5 Å². The molecule has 8 aromatic rings. The minimum Gasteiger partial charge on any atom is -0.494 e. The van der Waals surface area contributed by atoms with Gasteiger partial charge in [0, 0.05) is 5.56 Å². The van der Waals surface area contributed by atoms with E-state index in [0.717, 1.165) is 75.7 Å². The summed E-state index contributed by atoms with van der Waals surface area (Å²) in [6, 6.07) is 57.9. The monoisotopic (exact) mass is 1060 g/mol. The number of fused-ring (bicyclic) bond motifs is 6. The number of ether oxygens (including phenoxy) is 2. The van der Waals surface area contributed by atoms with Crippen molar-refractivity contribution in [2.75, 3.05) is 7.11 Å². The van der Waals surface area contributed by atoms with Gasteiger partial charge in [-0.1, -0.05) is 133 Å². The van der Waals surface area contributed by atoms with E-state index in [4.69, 9.17) is 9.47 Å². The molecule has 0 saturated heterocycles. The van der Waals surface area contributed by atoms with Crippen molar-refractivity contribution in [3.05, 3.63) is 243 Å². The van der Waals surface area contributed by atoms with Gasteiger partial charge in [-0.05, 0) is 174 Å². The molecule has 0 heterocycles. The summed E-state index contributed by atoms with van der Waals surface area (Å²) in [6.07, 6.45) is 0. The van der Waals surface area contributed by atoms with Gasteiger partial charge < -0.3 is 9.47 Å². The van der Waals surface area contributed by atoms with E-state index in [-0.39, 0.29) is 5.78 Å². The van der Waals surface area contributed by atoms with E-state index in [1.807, 2.05) is 36.4 Å². The molecule has 8 aromatic carbocycles. The second-order valence-electron chi connectivity index (χ2n) is 15.5. The Labute approximate surface area is 393 Å². The lowest BCUT2D eigenvalue weighted by Crippen LogP contribution is -2.29. The molecule has 0 fully saturated rings. The Balaban J connectivity index is 1.05. The van der Waals surface area contributed by atoms with Gasteiger partial charge in [0.2, 0.25) is 0 Å². The summed E-state index contributed by atoms with van der Waals surface area (Å²) in [5, 5.41) is 0. The Morgan fingerprint density at radius 1 is 0.419 bits per heavy atom. The van der Waals surface area contributed by atoms with Gasteiger partial charge >= 0.3 is 5.97 Å². The average molecular weight is 1070 g/mol. The van der Waals surface area contributed by atoms with Gasteiger partial charge in [0.1, 0.15) is 5.75 Å². The number of Topliss-reactive ketones (excluding diaryl/α,β-unsaturated/α-hetero) is 1. The summed E-state index contributed by atoms with van der Waals surface area (Å²) in [5.41, 5.74) is 12.8. The Morgan fingerprint density at radius 2 is 0.742 bits per heavy atom. The zero-order chi connectivity index (χ0) is 42.9. The maximum Gasteiger partial charge on any atom is 0.343 e. The number of halogens is 4. The highest BCUT2D eigenvalue weighted by molar-refractivity contribution is 9.11. The molecule has 0 spiro atoms. The quantitative estimate of drug-likeness (QED) is 0.0864. The largest absolute Gasteiger partial charge is 0.494 e. The normalized spacial score (nSPS) is 13.7. The first-order valence-electron chi connectivity index (χ1n) is 19.9. The van der Waals surface area contributed by atoms with Crippen molar-refractivity contribution in [3.8, 4) is 33.8 Å². The molecular weight excluding hydrogens is 1030 g/mol. The number of carbonyl (C=O) groups excluding carboxylic acids is 2. The van der Waals surface area contributed by atoms with Gasteiger partial charge in [-0.25, -0.2) is 4.79 Å². The molecule has 0 saturated carbocycles. The molecule has 0 bridgehead atoms. The van der Waals surface area contributed by atoms with Crippen molar-refractivity contribution < 1.29 is 19.1 Å². The zero-order valence-electron chi connectivity index (χ0n) is 33.3. The zero-order valence-corrected chi connectivity index (χ0v) is 39.7. The molecule has 10 rings (SSSR count). The molecule has 0 aliphatic heterocycles. The van der Waals surface area contributed by atoms with E-state index in [2.05, 4.69) is 197 Å². The third-order valence-electron chi connectivity index (χ3n) is 12.4. The molecule has 0 radical (unpaired) electrons. The highest BCUT2D eigenvalue weighted by Gasteiger charge is 2.48. The van der Waals surface area contributed by atoms with Crippen molar-refractivity contribution in [2.24, 2.45) is 0 Å². The molecule has 0 atom stereocenters.